The quantitative estimate of drug-likeness (QED) is 0.646. The molecule has 0 saturated carbocycles. The molecule has 0 radical (unpaired) electrons. The van der Waals surface area contributed by atoms with Gasteiger partial charge in [-0.2, -0.15) is 5.10 Å². The molecule has 0 aliphatic rings. The van der Waals surface area contributed by atoms with Gasteiger partial charge in [-0.1, -0.05) is 36.4 Å². The van der Waals surface area contributed by atoms with E-state index in [1.54, 1.807) is 6.20 Å². The normalized spacial score (nSPS) is 11.6. The Morgan fingerprint density at radius 3 is 2.31 bits per heavy atom. The highest BCUT2D eigenvalue weighted by Gasteiger charge is 2.25. The number of hydrogen-bond acceptors (Lipinski definition) is 5. The number of hydrogen-bond donors (Lipinski definition) is 1. The number of nitrogens with one attached hydrogen (secondary N) is 1. The van der Waals surface area contributed by atoms with Crippen LogP contribution in [-0.4, -0.2) is 34.9 Å². The van der Waals surface area contributed by atoms with Crippen LogP contribution in [0.3, 0.4) is 0 Å². The summed E-state index contributed by atoms with van der Waals surface area (Å²) in [7, 11) is 1.44. The second-order valence-corrected chi connectivity index (χ2v) is 6.63. The third kappa shape index (κ3) is 4.45. The van der Waals surface area contributed by atoms with E-state index < -0.39 is 18.0 Å². The fourth-order valence-electron chi connectivity index (χ4n) is 2.87. The lowest BCUT2D eigenvalue weighted by Gasteiger charge is -2.16. The van der Waals surface area contributed by atoms with Crippen molar-refractivity contribution in [1.29, 1.82) is 0 Å². The van der Waals surface area contributed by atoms with E-state index in [0.717, 1.165) is 16.8 Å². The van der Waals surface area contributed by atoms with E-state index >= 15 is 0 Å². The smallest absolute Gasteiger partial charge is 0.363 e. The van der Waals surface area contributed by atoms with E-state index in [4.69, 9.17) is 9.47 Å². The average molecular weight is 393 g/mol. The number of ether oxygens (including phenoxy) is 2. The minimum absolute atomic E-state index is 0.00285. The average Bonchev–Trinajstić information content (AvgIpc) is 3.16. The largest absolute Gasteiger partial charge is 0.493 e. The summed E-state index contributed by atoms with van der Waals surface area (Å²) < 4.78 is 12.1. The Balaban J connectivity index is 1.74. The number of methoxy groups -OCH3 is 1. The molecule has 1 N–H and O–H groups in total. The molecule has 1 heterocycles. The molecule has 0 saturated heterocycles. The van der Waals surface area contributed by atoms with Crippen molar-refractivity contribution in [3.63, 3.8) is 0 Å². The molecule has 2 aromatic carbocycles. The van der Waals surface area contributed by atoms with E-state index in [1.165, 1.54) is 18.7 Å². The zero-order valence-corrected chi connectivity index (χ0v) is 16.8. The van der Waals surface area contributed by atoms with Crippen molar-refractivity contribution in [3.05, 3.63) is 71.5 Å². The molecule has 0 bridgehead atoms. The fourth-order valence-corrected chi connectivity index (χ4v) is 2.87. The zero-order chi connectivity index (χ0) is 21.0. The Kier molecular flexibility index (Phi) is 5.97. The molecule has 0 aliphatic heterocycles. The van der Waals surface area contributed by atoms with Crippen LogP contribution in [0.2, 0.25) is 0 Å². The second kappa shape index (κ2) is 8.60. The highest BCUT2D eigenvalue weighted by atomic mass is 16.6. The monoisotopic (exact) mass is 393 g/mol. The van der Waals surface area contributed by atoms with Gasteiger partial charge in [0, 0.05) is 5.69 Å². The number of aryl methyl sites for hydroxylation is 2. The van der Waals surface area contributed by atoms with E-state index in [0.29, 0.717) is 5.69 Å². The number of anilines is 1. The van der Waals surface area contributed by atoms with Crippen molar-refractivity contribution in [1.82, 2.24) is 9.78 Å². The maximum atomic E-state index is 12.6. The van der Waals surface area contributed by atoms with E-state index in [1.807, 2.05) is 62.4 Å². The molecule has 3 aromatic rings. The molecule has 0 aliphatic carbocycles. The molecule has 1 amide bonds. The summed E-state index contributed by atoms with van der Waals surface area (Å²) in [5.41, 5.74) is 3.35. The lowest BCUT2D eigenvalue weighted by Crippen LogP contribution is -2.30. The molecule has 1 unspecified atom stereocenters. The Bertz CT molecular complexity index is 1010. The summed E-state index contributed by atoms with van der Waals surface area (Å²) in [5, 5.41) is 7.08. The van der Waals surface area contributed by atoms with Crippen molar-refractivity contribution in [3.8, 4) is 11.4 Å². The van der Waals surface area contributed by atoms with Gasteiger partial charge in [-0.3, -0.25) is 4.79 Å². The van der Waals surface area contributed by atoms with E-state index in [9.17, 15) is 9.59 Å². The first-order valence-corrected chi connectivity index (χ1v) is 9.18. The van der Waals surface area contributed by atoms with Gasteiger partial charge in [-0.15, -0.1) is 0 Å². The minimum Gasteiger partial charge on any atom is -0.493 e. The zero-order valence-electron chi connectivity index (χ0n) is 16.8. The maximum absolute atomic E-state index is 12.6. The predicted octanol–water partition coefficient (Wildman–Crippen LogP) is 3.68. The molecule has 29 heavy (non-hydrogen) atoms. The lowest BCUT2D eigenvalue weighted by atomic mass is 10.1. The Morgan fingerprint density at radius 1 is 1.03 bits per heavy atom. The molecule has 7 nitrogen and oxygen atoms in total. The first-order chi connectivity index (χ1) is 13.9. The minimum atomic E-state index is -1.01. The van der Waals surface area contributed by atoms with Crippen LogP contribution in [0, 0.1) is 13.8 Å². The van der Waals surface area contributed by atoms with Crippen molar-refractivity contribution in [2.24, 2.45) is 0 Å². The summed E-state index contributed by atoms with van der Waals surface area (Å²) in [6.45, 7) is 5.32. The molecular weight excluding hydrogens is 370 g/mol. The maximum Gasteiger partial charge on any atom is 0.363 e. The number of carbonyl (C=O) groups is 2. The van der Waals surface area contributed by atoms with Crippen LogP contribution in [0.4, 0.5) is 5.69 Å². The third-order valence-electron chi connectivity index (χ3n) is 4.50. The van der Waals surface area contributed by atoms with Gasteiger partial charge in [-0.05, 0) is 44.0 Å². The first-order valence-electron chi connectivity index (χ1n) is 9.18. The van der Waals surface area contributed by atoms with Crippen LogP contribution in [0.15, 0.2) is 54.7 Å². The Morgan fingerprint density at radius 2 is 1.69 bits per heavy atom. The number of carbonyl (C=O) groups excluding carboxylic acids is 2. The van der Waals surface area contributed by atoms with Gasteiger partial charge >= 0.3 is 5.97 Å². The number of para-hydroxylation sites is 2. The van der Waals surface area contributed by atoms with Crippen LogP contribution >= 0.6 is 0 Å². The van der Waals surface area contributed by atoms with Crippen LogP contribution in [0.5, 0.6) is 5.75 Å². The summed E-state index contributed by atoms with van der Waals surface area (Å²) >= 11 is 0. The number of aromatic nitrogens is 2. The van der Waals surface area contributed by atoms with Crippen LogP contribution in [0.25, 0.3) is 5.69 Å². The molecule has 1 atom stereocenters. The van der Waals surface area contributed by atoms with Crippen LogP contribution < -0.4 is 10.1 Å². The van der Waals surface area contributed by atoms with Crippen molar-refractivity contribution < 1.29 is 19.1 Å². The van der Waals surface area contributed by atoms with Crippen molar-refractivity contribution >= 4 is 17.6 Å². The standard InChI is InChI=1S/C22H23N3O4/c1-14-9-8-10-15(2)19(14)23-21(26)16(3)29-22(27)20-18(28-4)13-25(24-20)17-11-6-5-7-12-17/h5-13,16H,1-4H3,(H,23,26). The number of nitrogens with zero attached hydrogens (tertiary/aromatic N) is 2. The van der Waals surface area contributed by atoms with Crippen molar-refractivity contribution in [2.45, 2.75) is 26.9 Å². The number of amides is 1. The highest BCUT2D eigenvalue weighted by molar-refractivity contribution is 5.98. The SMILES string of the molecule is COc1cn(-c2ccccc2)nc1C(=O)OC(C)C(=O)Nc1c(C)cccc1C. The van der Waals surface area contributed by atoms with Gasteiger partial charge in [0.1, 0.15) is 0 Å². The van der Waals surface area contributed by atoms with E-state index in [-0.39, 0.29) is 11.4 Å². The number of rotatable bonds is 6. The number of esters is 1. The molecule has 150 valence electrons. The van der Waals surface area contributed by atoms with Crippen LogP contribution in [-0.2, 0) is 9.53 Å². The molecule has 1 aromatic heterocycles. The Labute approximate surface area is 169 Å². The van der Waals surface area contributed by atoms with Gasteiger partial charge in [0.25, 0.3) is 5.91 Å². The van der Waals surface area contributed by atoms with Crippen molar-refractivity contribution in [2.75, 3.05) is 12.4 Å². The van der Waals surface area contributed by atoms with Gasteiger partial charge in [0.15, 0.2) is 11.9 Å². The molecule has 0 spiro atoms. The summed E-state index contributed by atoms with van der Waals surface area (Å²) in [6, 6.07) is 15.0. The van der Waals surface area contributed by atoms with Gasteiger partial charge in [0.05, 0.1) is 19.0 Å². The topological polar surface area (TPSA) is 82.5 Å². The summed E-state index contributed by atoms with van der Waals surface area (Å²) in [6.07, 6.45) is 0.584. The second-order valence-electron chi connectivity index (χ2n) is 6.63. The summed E-state index contributed by atoms with van der Waals surface area (Å²) in [4.78, 5) is 25.1. The van der Waals surface area contributed by atoms with Gasteiger partial charge < -0.3 is 14.8 Å². The highest BCUT2D eigenvalue weighted by Crippen LogP contribution is 2.22. The molecule has 3 rings (SSSR count). The Hall–Kier alpha value is -3.61. The van der Waals surface area contributed by atoms with Gasteiger partial charge in [0.2, 0.25) is 5.69 Å². The predicted molar refractivity (Wildman–Crippen MR) is 110 cm³/mol. The van der Waals surface area contributed by atoms with E-state index in [2.05, 4.69) is 10.4 Å². The van der Waals surface area contributed by atoms with Gasteiger partial charge in [-0.25, -0.2) is 9.48 Å². The lowest BCUT2D eigenvalue weighted by molar-refractivity contribution is -0.123. The molecular formula is C22H23N3O4. The third-order valence-corrected chi connectivity index (χ3v) is 4.50. The first kappa shape index (κ1) is 20.1. The molecule has 7 heteroatoms. The number of benzene rings is 2. The fraction of sp³-hybridized carbons (Fsp3) is 0.227. The summed E-state index contributed by atoms with van der Waals surface area (Å²) in [5.74, 6) is -0.890. The molecule has 0 fully saturated rings. The van der Waals surface area contributed by atoms with Crippen LogP contribution in [0.1, 0.15) is 28.5 Å².